The minimum atomic E-state index is -0.847. The third-order valence-corrected chi connectivity index (χ3v) is 10.2. The molecule has 5 N–H and O–H groups in total. The SMILES string of the molecule is CCCN(CC[C@@H](C)C(=O)N[C@H](C)[C@@H](O)c1ccccc1)C(=O)CC[C@H]([C@@H](C)CC)N(C)C(=O)[C@@H](NC(=O)CN(C)C(=O)OCc1ccc(N)cc1)C(C)C. The maximum absolute atomic E-state index is 14.0. The van der Waals surface area contributed by atoms with Crippen molar-refractivity contribution >= 4 is 35.4 Å². The van der Waals surface area contributed by atoms with E-state index in [1.165, 1.54) is 7.05 Å². The molecule has 0 spiro atoms. The van der Waals surface area contributed by atoms with Gasteiger partial charge in [-0.05, 0) is 61.3 Å². The Labute approximate surface area is 328 Å². The third kappa shape index (κ3) is 15.2. The van der Waals surface area contributed by atoms with Crippen molar-refractivity contribution in [3.63, 3.8) is 0 Å². The Morgan fingerprint density at radius 1 is 0.855 bits per heavy atom. The smallest absolute Gasteiger partial charge is 0.410 e. The summed E-state index contributed by atoms with van der Waals surface area (Å²) in [5.41, 5.74) is 7.79. The van der Waals surface area contributed by atoms with Crippen LogP contribution in [-0.2, 0) is 30.5 Å². The molecule has 6 atom stereocenters. The molecule has 0 bridgehead atoms. The number of likely N-dealkylation sites (N-methyl/N-ethyl adjacent to an activating group) is 2. The van der Waals surface area contributed by atoms with Crippen LogP contribution in [0.15, 0.2) is 54.6 Å². The van der Waals surface area contributed by atoms with Crippen molar-refractivity contribution in [1.29, 1.82) is 0 Å². The zero-order valence-electron chi connectivity index (χ0n) is 34.4. The molecule has 0 unspecified atom stereocenters. The van der Waals surface area contributed by atoms with Gasteiger partial charge in [-0.3, -0.25) is 19.2 Å². The molecule has 2 aromatic carbocycles. The second kappa shape index (κ2) is 23.3. The van der Waals surface area contributed by atoms with E-state index in [-0.39, 0.29) is 61.1 Å². The predicted octanol–water partition coefficient (Wildman–Crippen LogP) is 5.13. The molecular formula is C42H66N6O7. The Balaban J connectivity index is 1.98. The summed E-state index contributed by atoms with van der Waals surface area (Å²) in [7, 11) is 3.17. The summed E-state index contributed by atoms with van der Waals surface area (Å²) in [6.45, 7) is 14.0. The van der Waals surface area contributed by atoms with Crippen LogP contribution < -0.4 is 16.4 Å². The van der Waals surface area contributed by atoms with Crippen LogP contribution in [0.1, 0.15) is 97.8 Å². The van der Waals surface area contributed by atoms with E-state index in [2.05, 4.69) is 10.6 Å². The van der Waals surface area contributed by atoms with E-state index >= 15 is 0 Å². The Bertz CT molecular complexity index is 1510. The second-order valence-corrected chi connectivity index (χ2v) is 15.1. The molecule has 0 saturated heterocycles. The van der Waals surface area contributed by atoms with Crippen molar-refractivity contribution in [1.82, 2.24) is 25.3 Å². The number of aliphatic hydroxyl groups is 1. The van der Waals surface area contributed by atoms with Crippen LogP contribution in [0.2, 0.25) is 0 Å². The van der Waals surface area contributed by atoms with Gasteiger partial charge in [0.05, 0.1) is 12.1 Å². The first-order valence-electron chi connectivity index (χ1n) is 19.6. The zero-order valence-corrected chi connectivity index (χ0v) is 34.4. The molecule has 0 aliphatic carbocycles. The number of nitrogen functional groups attached to an aromatic ring is 1. The molecule has 0 aliphatic rings. The van der Waals surface area contributed by atoms with Gasteiger partial charge >= 0.3 is 6.09 Å². The number of benzene rings is 2. The van der Waals surface area contributed by atoms with Crippen LogP contribution in [0.5, 0.6) is 0 Å². The summed E-state index contributed by atoms with van der Waals surface area (Å²) in [5, 5.41) is 16.4. The van der Waals surface area contributed by atoms with Gasteiger partial charge in [-0.1, -0.05) is 90.4 Å². The van der Waals surface area contributed by atoms with Crippen molar-refractivity contribution in [3.8, 4) is 0 Å². The minimum absolute atomic E-state index is 0.0235. The molecule has 0 aromatic heterocycles. The quantitative estimate of drug-likeness (QED) is 0.119. The number of nitrogens with zero attached hydrogens (tertiary/aromatic N) is 3. The normalized spacial score (nSPS) is 14.5. The van der Waals surface area contributed by atoms with E-state index in [1.807, 2.05) is 71.9 Å². The van der Waals surface area contributed by atoms with Gasteiger partial charge in [-0.2, -0.15) is 0 Å². The predicted molar refractivity (Wildman–Crippen MR) is 215 cm³/mol. The van der Waals surface area contributed by atoms with Crippen molar-refractivity contribution in [2.45, 2.75) is 111 Å². The standard InChI is InChI=1S/C42H66N6O7/c1-10-24-48(25-23-30(6)40(52)44-31(7)39(51)33-15-13-12-14-16-33)37(50)22-21-35(29(5)11-2)47(9)41(53)38(28(3)4)45-36(49)26-46(8)42(54)55-27-32-17-19-34(43)20-18-32/h12-20,28-31,35,38-39,51H,10-11,21-27,43H2,1-9H3,(H,44,52)(H,45,49)/t29-,30+,31+,35+,38-,39+/m0/s1. The summed E-state index contributed by atoms with van der Waals surface area (Å²) >= 11 is 0. The van der Waals surface area contributed by atoms with E-state index in [1.54, 1.807) is 48.0 Å². The summed E-state index contributed by atoms with van der Waals surface area (Å²) in [6.07, 6.45) is 1.13. The number of hydrogen-bond acceptors (Lipinski definition) is 8. The topological polar surface area (TPSA) is 175 Å². The molecule has 0 fully saturated rings. The molecule has 0 radical (unpaired) electrons. The molecule has 0 saturated carbocycles. The lowest BCUT2D eigenvalue weighted by atomic mass is 9.92. The number of ether oxygens (including phenoxy) is 1. The largest absolute Gasteiger partial charge is 0.445 e. The average molecular weight is 767 g/mol. The van der Waals surface area contributed by atoms with Gasteiger partial charge in [0, 0.05) is 51.3 Å². The van der Waals surface area contributed by atoms with E-state index in [4.69, 9.17) is 10.5 Å². The molecule has 13 heteroatoms. The van der Waals surface area contributed by atoms with Gasteiger partial charge in [0.2, 0.25) is 23.6 Å². The number of carbonyl (C=O) groups is 5. The monoisotopic (exact) mass is 766 g/mol. The number of amides is 5. The van der Waals surface area contributed by atoms with Gasteiger partial charge in [-0.15, -0.1) is 0 Å². The van der Waals surface area contributed by atoms with Crippen LogP contribution in [0.3, 0.4) is 0 Å². The Kier molecular flexibility index (Phi) is 19.7. The highest BCUT2D eigenvalue weighted by Gasteiger charge is 2.33. The lowest BCUT2D eigenvalue weighted by Crippen LogP contribution is -2.55. The maximum Gasteiger partial charge on any atom is 0.410 e. The first kappa shape index (κ1) is 46.5. The summed E-state index contributed by atoms with van der Waals surface area (Å²) in [5.74, 6) is -1.55. The highest BCUT2D eigenvalue weighted by atomic mass is 16.6. The van der Waals surface area contributed by atoms with E-state index in [0.717, 1.165) is 28.9 Å². The van der Waals surface area contributed by atoms with Crippen molar-refractivity contribution in [2.75, 3.05) is 39.5 Å². The fourth-order valence-electron chi connectivity index (χ4n) is 6.32. The van der Waals surface area contributed by atoms with Crippen LogP contribution in [0.25, 0.3) is 0 Å². The Morgan fingerprint density at radius 3 is 2.07 bits per heavy atom. The van der Waals surface area contributed by atoms with Gasteiger partial charge in [-0.25, -0.2) is 4.79 Å². The molecule has 0 aliphatic heterocycles. The van der Waals surface area contributed by atoms with Gasteiger partial charge in [0.1, 0.15) is 19.2 Å². The van der Waals surface area contributed by atoms with Crippen molar-refractivity contribution in [3.05, 3.63) is 65.7 Å². The number of rotatable bonds is 22. The van der Waals surface area contributed by atoms with Gasteiger partial charge in [0.25, 0.3) is 0 Å². The van der Waals surface area contributed by atoms with E-state index in [9.17, 15) is 29.1 Å². The van der Waals surface area contributed by atoms with Gasteiger partial charge in [0.15, 0.2) is 0 Å². The number of aliphatic hydroxyl groups excluding tert-OH is 1. The highest BCUT2D eigenvalue weighted by Crippen LogP contribution is 2.22. The molecule has 55 heavy (non-hydrogen) atoms. The fraction of sp³-hybridized carbons (Fsp3) is 0.595. The van der Waals surface area contributed by atoms with Crippen LogP contribution >= 0.6 is 0 Å². The Hall–Kier alpha value is -4.65. The molecule has 13 nitrogen and oxygen atoms in total. The third-order valence-electron chi connectivity index (χ3n) is 10.2. The average Bonchev–Trinajstić information content (AvgIpc) is 3.17. The Morgan fingerprint density at radius 2 is 1.49 bits per heavy atom. The van der Waals surface area contributed by atoms with Crippen LogP contribution in [0, 0.1) is 17.8 Å². The molecule has 2 aromatic rings. The van der Waals surface area contributed by atoms with Crippen molar-refractivity contribution < 1.29 is 33.8 Å². The summed E-state index contributed by atoms with van der Waals surface area (Å²) in [6, 6.07) is 14.5. The lowest BCUT2D eigenvalue weighted by Gasteiger charge is -2.36. The van der Waals surface area contributed by atoms with Crippen LogP contribution in [-0.4, -0.2) is 101 Å². The fourth-order valence-corrected chi connectivity index (χ4v) is 6.32. The lowest BCUT2D eigenvalue weighted by molar-refractivity contribution is -0.140. The minimum Gasteiger partial charge on any atom is -0.445 e. The van der Waals surface area contributed by atoms with Crippen molar-refractivity contribution in [2.24, 2.45) is 17.8 Å². The first-order chi connectivity index (χ1) is 26.0. The summed E-state index contributed by atoms with van der Waals surface area (Å²) < 4.78 is 5.32. The summed E-state index contributed by atoms with van der Waals surface area (Å²) in [4.78, 5) is 70.8. The highest BCUT2D eigenvalue weighted by molar-refractivity contribution is 5.89. The van der Waals surface area contributed by atoms with Gasteiger partial charge < -0.3 is 40.9 Å². The van der Waals surface area contributed by atoms with E-state index in [0.29, 0.717) is 31.6 Å². The van der Waals surface area contributed by atoms with E-state index < -0.39 is 30.2 Å². The second-order valence-electron chi connectivity index (χ2n) is 15.1. The molecule has 2 rings (SSSR count). The number of anilines is 1. The zero-order chi connectivity index (χ0) is 41.2. The molecule has 306 valence electrons. The first-order valence-corrected chi connectivity index (χ1v) is 19.6. The number of nitrogens with two attached hydrogens (primary N) is 1. The number of hydrogen-bond donors (Lipinski definition) is 4. The van der Waals surface area contributed by atoms with Crippen LogP contribution in [0.4, 0.5) is 10.5 Å². The number of carbonyl (C=O) groups excluding carboxylic acids is 5. The molecule has 0 heterocycles. The molecular weight excluding hydrogens is 700 g/mol. The maximum atomic E-state index is 14.0. The number of nitrogens with one attached hydrogen (secondary N) is 2. The molecule has 5 amide bonds.